The van der Waals surface area contributed by atoms with E-state index in [0.29, 0.717) is 0 Å². The third-order valence-electron chi connectivity index (χ3n) is 6.26. The molecule has 1 saturated heterocycles. The third-order valence-corrected chi connectivity index (χ3v) is 7.12. The van der Waals surface area contributed by atoms with Gasteiger partial charge in [-0.15, -0.1) is 11.3 Å². The van der Waals surface area contributed by atoms with Crippen molar-refractivity contribution in [3.8, 4) is 11.3 Å². The van der Waals surface area contributed by atoms with Crippen molar-refractivity contribution in [1.82, 2.24) is 19.7 Å². The molecule has 0 aliphatic carbocycles. The summed E-state index contributed by atoms with van der Waals surface area (Å²) in [6.45, 7) is 9.96. The molecule has 6 nitrogen and oxygen atoms in total. The molecule has 8 heteroatoms. The van der Waals surface area contributed by atoms with Crippen LogP contribution in [0.1, 0.15) is 38.7 Å². The van der Waals surface area contributed by atoms with Crippen LogP contribution in [0, 0.1) is 12.7 Å². The van der Waals surface area contributed by atoms with Gasteiger partial charge >= 0.3 is 0 Å². The fraction of sp³-hybridized carbons (Fsp3) is 0.400. The van der Waals surface area contributed by atoms with Gasteiger partial charge in [-0.1, -0.05) is 0 Å². The highest BCUT2D eigenvalue weighted by molar-refractivity contribution is 7.14. The van der Waals surface area contributed by atoms with Crippen molar-refractivity contribution in [2.75, 3.05) is 29.4 Å². The molecule has 0 saturated carbocycles. The van der Waals surface area contributed by atoms with Gasteiger partial charge in [0.1, 0.15) is 22.7 Å². The standard InChI is InChI=1S/C25H29FN6S/c1-4-31(25-27-20(16-33-25)18-9-11-19(26)12-10-18)24-23-22(29-32(24)5-2)17(3)15-21(28-23)30-13-7-6-8-14-30/h9-12,15-16H,4-8,13-14H2,1-3H3. The van der Waals surface area contributed by atoms with Gasteiger partial charge in [-0.25, -0.2) is 19.0 Å². The summed E-state index contributed by atoms with van der Waals surface area (Å²) in [6, 6.07) is 8.66. The Balaban J connectivity index is 1.59. The quantitative estimate of drug-likeness (QED) is 0.341. The van der Waals surface area contributed by atoms with Crippen LogP contribution >= 0.6 is 11.3 Å². The highest BCUT2D eigenvalue weighted by Crippen LogP contribution is 2.37. The number of halogens is 1. The molecule has 0 radical (unpaired) electrons. The van der Waals surface area contributed by atoms with E-state index in [2.05, 4.69) is 36.6 Å². The Kier molecular flexibility index (Phi) is 6.01. The molecule has 4 aromatic rings. The number of anilines is 3. The fourth-order valence-electron chi connectivity index (χ4n) is 4.51. The van der Waals surface area contributed by atoms with Gasteiger partial charge in [-0.2, -0.15) is 5.10 Å². The zero-order chi connectivity index (χ0) is 22.9. The molecule has 1 fully saturated rings. The second-order valence-electron chi connectivity index (χ2n) is 8.45. The smallest absolute Gasteiger partial charge is 0.191 e. The number of thiazole rings is 1. The SMILES string of the molecule is CCN(c1nc(-c2ccc(F)cc2)cs1)c1c2nc(N3CCCCC3)cc(C)c2nn1CC. The predicted octanol–water partition coefficient (Wildman–Crippen LogP) is 6.17. The van der Waals surface area contributed by atoms with E-state index in [9.17, 15) is 4.39 Å². The molecule has 1 aliphatic rings. The summed E-state index contributed by atoms with van der Waals surface area (Å²) in [6.07, 6.45) is 3.72. The van der Waals surface area contributed by atoms with E-state index in [1.807, 2.05) is 10.1 Å². The molecule has 0 bridgehead atoms. The van der Waals surface area contributed by atoms with Gasteiger partial charge in [0, 0.05) is 37.1 Å². The Labute approximate surface area is 197 Å². The highest BCUT2D eigenvalue weighted by Gasteiger charge is 2.24. The van der Waals surface area contributed by atoms with Gasteiger partial charge in [0.05, 0.1) is 5.69 Å². The lowest BCUT2D eigenvalue weighted by Gasteiger charge is -2.28. The maximum Gasteiger partial charge on any atom is 0.191 e. The molecular formula is C25H29FN6S. The molecule has 1 aliphatic heterocycles. The lowest BCUT2D eigenvalue weighted by molar-refractivity contribution is 0.574. The van der Waals surface area contributed by atoms with Crippen LogP contribution in [0.3, 0.4) is 0 Å². The van der Waals surface area contributed by atoms with Crippen LogP contribution < -0.4 is 9.80 Å². The van der Waals surface area contributed by atoms with E-state index in [0.717, 1.165) is 70.8 Å². The largest absolute Gasteiger partial charge is 0.357 e. The Morgan fingerprint density at radius 3 is 2.48 bits per heavy atom. The monoisotopic (exact) mass is 464 g/mol. The Bertz CT molecular complexity index is 1260. The van der Waals surface area contributed by atoms with Crippen molar-refractivity contribution in [3.63, 3.8) is 0 Å². The van der Waals surface area contributed by atoms with Gasteiger partial charge < -0.3 is 9.80 Å². The minimum atomic E-state index is -0.242. The molecule has 33 heavy (non-hydrogen) atoms. The second kappa shape index (κ2) is 9.09. The van der Waals surface area contributed by atoms with Gasteiger partial charge in [0.15, 0.2) is 10.9 Å². The second-order valence-corrected chi connectivity index (χ2v) is 9.28. The zero-order valence-electron chi connectivity index (χ0n) is 19.4. The number of aromatic nitrogens is 4. The van der Waals surface area contributed by atoms with Crippen molar-refractivity contribution in [3.05, 3.63) is 47.1 Å². The summed E-state index contributed by atoms with van der Waals surface area (Å²) in [5.74, 6) is 1.78. The molecule has 0 spiro atoms. The Morgan fingerprint density at radius 1 is 1.03 bits per heavy atom. The van der Waals surface area contributed by atoms with Crippen LogP contribution in [0.5, 0.6) is 0 Å². The Hall–Kier alpha value is -3.00. The number of fused-ring (bicyclic) bond motifs is 1. The van der Waals surface area contributed by atoms with E-state index in [1.54, 1.807) is 23.5 Å². The average Bonchev–Trinajstić information content (AvgIpc) is 3.47. The van der Waals surface area contributed by atoms with E-state index in [4.69, 9.17) is 15.1 Å². The first-order valence-corrected chi connectivity index (χ1v) is 12.6. The van der Waals surface area contributed by atoms with Crippen molar-refractivity contribution >= 4 is 39.1 Å². The number of hydrogen-bond acceptors (Lipinski definition) is 6. The molecule has 0 atom stereocenters. The summed E-state index contributed by atoms with van der Waals surface area (Å²) < 4.78 is 15.4. The van der Waals surface area contributed by atoms with Crippen molar-refractivity contribution in [1.29, 1.82) is 0 Å². The van der Waals surface area contributed by atoms with E-state index < -0.39 is 0 Å². The minimum absolute atomic E-state index is 0.242. The normalized spacial score (nSPS) is 14.2. The van der Waals surface area contributed by atoms with Crippen LogP contribution in [0.2, 0.25) is 0 Å². The van der Waals surface area contributed by atoms with Crippen molar-refractivity contribution in [2.45, 2.75) is 46.6 Å². The summed E-state index contributed by atoms with van der Waals surface area (Å²) in [5.41, 5.74) is 4.78. The predicted molar refractivity (Wildman–Crippen MR) is 134 cm³/mol. The fourth-order valence-corrected chi connectivity index (χ4v) is 5.41. The molecule has 0 N–H and O–H groups in total. The molecular weight excluding hydrogens is 435 g/mol. The molecule has 0 amide bonds. The van der Waals surface area contributed by atoms with Crippen LogP contribution in [0.15, 0.2) is 35.7 Å². The lowest BCUT2D eigenvalue weighted by atomic mass is 10.1. The molecule has 5 rings (SSSR count). The first-order valence-electron chi connectivity index (χ1n) is 11.7. The Morgan fingerprint density at radius 2 is 1.79 bits per heavy atom. The third kappa shape index (κ3) is 4.08. The van der Waals surface area contributed by atoms with Crippen LogP contribution in [-0.2, 0) is 6.54 Å². The molecule has 1 aromatic carbocycles. The summed E-state index contributed by atoms with van der Waals surface area (Å²) in [4.78, 5) is 14.6. The number of benzene rings is 1. The van der Waals surface area contributed by atoms with Gasteiger partial charge in [0.25, 0.3) is 0 Å². The van der Waals surface area contributed by atoms with Crippen molar-refractivity contribution in [2.24, 2.45) is 0 Å². The van der Waals surface area contributed by atoms with Crippen LogP contribution in [0.25, 0.3) is 22.3 Å². The summed E-state index contributed by atoms with van der Waals surface area (Å²) in [7, 11) is 0. The van der Waals surface area contributed by atoms with Gasteiger partial charge in [-0.05, 0) is 75.9 Å². The average molecular weight is 465 g/mol. The maximum absolute atomic E-state index is 13.4. The molecule has 3 aromatic heterocycles. The van der Waals surface area contributed by atoms with Crippen LogP contribution in [0.4, 0.5) is 21.2 Å². The molecule has 172 valence electrons. The maximum atomic E-state index is 13.4. The van der Waals surface area contributed by atoms with Gasteiger partial charge in [-0.3, -0.25) is 0 Å². The van der Waals surface area contributed by atoms with E-state index >= 15 is 0 Å². The van der Waals surface area contributed by atoms with Crippen molar-refractivity contribution < 1.29 is 4.39 Å². The van der Waals surface area contributed by atoms with Crippen LogP contribution in [-0.4, -0.2) is 39.4 Å². The number of nitrogens with zero attached hydrogens (tertiary/aromatic N) is 6. The number of pyridine rings is 1. The van der Waals surface area contributed by atoms with E-state index in [1.165, 1.54) is 31.4 Å². The summed E-state index contributed by atoms with van der Waals surface area (Å²) in [5, 5.41) is 7.83. The number of hydrogen-bond donors (Lipinski definition) is 0. The highest BCUT2D eigenvalue weighted by atomic mass is 32.1. The zero-order valence-corrected chi connectivity index (χ0v) is 20.2. The topological polar surface area (TPSA) is 50.1 Å². The number of piperidine rings is 1. The minimum Gasteiger partial charge on any atom is -0.357 e. The molecule has 0 unspecified atom stereocenters. The lowest BCUT2D eigenvalue weighted by Crippen LogP contribution is -2.30. The molecule has 4 heterocycles. The number of rotatable bonds is 6. The first-order chi connectivity index (χ1) is 16.1. The number of aryl methyl sites for hydroxylation is 2. The summed E-state index contributed by atoms with van der Waals surface area (Å²) >= 11 is 1.59. The first kappa shape index (κ1) is 21.8. The van der Waals surface area contributed by atoms with Gasteiger partial charge in [0.2, 0.25) is 0 Å². The van der Waals surface area contributed by atoms with E-state index in [-0.39, 0.29) is 5.82 Å².